The predicted molar refractivity (Wildman–Crippen MR) is 89.9 cm³/mol. The van der Waals surface area contributed by atoms with Crippen molar-refractivity contribution in [1.29, 1.82) is 0 Å². The van der Waals surface area contributed by atoms with Crippen molar-refractivity contribution in [1.82, 2.24) is 10.9 Å². The van der Waals surface area contributed by atoms with Gasteiger partial charge in [-0.25, -0.2) is 0 Å². The molecule has 0 saturated carbocycles. The minimum absolute atomic E-state index is 0.0374. The zero-order valence-corrected chi connectivity index (χ0v) is 13.0. The molecule has 0 spiro atoms. The lowest BCUT2D eigenvalue weighted by molar-refractivity contribution is -0.384. The van der Waals surface area contributed by atoms with E-state index in [0.29, 0.717) is 15.8 Å². The molecule has 2 amide bonds. The van der Waals surface area contributed by atoms with Crippen molar-refractivity contribution in [2.24, 2.45) is 0 Å². The van der Waals surface area contributed by atoms with Crippen molar-refractivity contribution < 1.29 is 14.5 Å². The van der Waals surface area contributed by atoms with Crippen LogP contribution in [0, 0.1) is 10.1 Å². The normalized spacial score (nSPS) is 10.3. The van der Waals surface area contributed by atoms with Gasteiger partial charge in [-0.15, -0.1) is 11.3 Å². The van der Waals surface area contributed by atoms with Crippen molar-refractivity contribution in [3.63, 3.8) is 0 Å². The van der Waals surface area contributed by atoms with Crippen LogP contribution in [0.3, 0.4) is 0 Å². The quantitative estimate of drug-likeness (QED) is 0.565. The van der Waals surface area contributed by atoms with E-state index in [2.05, 4.69) is 10.9 Å². The summed E-state index contributed by atoms with van der Waals surface area (Å²) in [5.74, 6) is -0.913. The first-order valence-electron chi connectivity index (χ1n) is 6.88. The molecule has 0 aliphatic heterocycles. The number of carbonyl (C=O) groups excluding carboxylic acids is 2. The van der Waals surface area contributed by atoms with Gasteiger partial charge in [-0.3, -0.25) is 30.6 Å². The van der Waals surface area contributed by atoms with Crippen LogP contribution in [0.1, 0.15) is 20.0 Å². The molecule has 0 aliphatic carbocycles. The zero-order chi connectivity index (χ0) is 17.1. The van der Waals surface area contributed by atoms with Gasteiger partial charge in [0, 0.05) is 27.8 Å². The maximum absolute atomic E-state index is 12.1. The molecule has 0 bridgehead atoms. The molecule has 0 saturated heterocycles. The molecule has 3 aromatic rings. The Morgan fingerprint density at radius 2 is 1.67 bits per heavy atom. The van der Waals surface area contributed by atoms with E-state index >= 15 is 0 Å². The smallest absolute Gasteiger partial charge is 0.267 e. The Hall–Kier alpha value is -3.26. The molecule has 0 unspecified atom stereocenters. The van der Waals surface area contributed by atoms with Gasteiger partial charge in [0.15, 0.2) is 0 Å². The third kappa shape index (κ3) is 3.23. The number of non-ortho nitro benzene ring substituents is 1. The van der Waals surface area contributed by atoms with Crippen LogP contribution >= 0.6 is 11.3 Å². The van der Waals surface area contributed by atoms with Gasteiger partial charge in [0.25, 0.3) is 17.5 Å². The van der Waals surface area contributed by atoms with E-state index < -0.39 is 16.7 Å². The molecule has 1 heterocycles. The van der Waals surface area contributed by atoms with Gasteiger partial charge in [0.05, 0.1) is 9.80 Å². The number of benzene rings is 2. The molecule has 0 radical (unpaired) electrons. The fourth-order valence-corrected chi connectivity index (χ4v) is 3.03. The lowest BCUT2D eigenvalue weighted by Gasteiger charge is -2.05. The van der Waals surface area contributed by atoms with Crippen molar-refractivity contribution in [2.75, 3.05) is 0 Å². The first-order valence-corrected chi connectivity index (χ1v) is 7.70. The van der Waals surface area contributed by atoms with Gasteiger partial charge in [-0.1, -0.05) is 18.2 Å². The standard InChI is InChI=1S/C16H11N3O4S/c20-15(10-4-2-1-3-5-10)17-18-16(21)14-9-11-8-12(19(22)23)6-7-13(11)24-14/h1-9H,(H,17,20)(H,18,21). The molecule has 7 nitrogen and oxygen atoms in total. The van der Waals surface area contributed by atoms with Crippen LogP contribution in [-0.2, 0) is 0 Å². The summed E-state index contributed by atoms with van der Waals surface area (Å²) in [5, 5.41) is 11.4. The number of rotatable bonds is 3. The van der Waals surface area contributed by atoms with Gasteiger partial charge in [0.2, 0.25) is 0 Å². The largest absolute Gasteiger partial charge is 0.279 e. The maximum atomic E-state index is 12.1. The fraction of sp³-hybridized carbons (Fsp3) is 0. The van der Waals surface area contributed by atoms with E-state index in [9.17, 15) is 19.7 Å². The zero-order valence-electron chi connectivity index (χ0n) is 12.2. The molecule has 0 atom stereocenters. The summed E-state index contributed by atoms with van der Waals surface area (Å²) in [6.45, 7) is 0. The SMILES string of the molecule is O=C(NNC(=O)c1cc2cc([N+](=O)[O-])ccc2s1)c1ccccc1. The summed E-state index contributed by atoms with van der Waals surface area (Å²) in [4.78, 5) is 34.6. The van der Waals surface area contributed by atoms with Crippen molar-refractivity contribution in [3.05, 3.63) is 75.2 Å². The fourth-order valence-electron chi connectivity index (χ4n) is 2.09. The van der Waals surface area contributed by atoms with Crippen molar-refractivity contribution >= 4 is 38.9 Å². The number of hydrogen-bond acceptors (Lipinski definition) is 5. The molecule has 8 heteroatoms. The Morgan fingerprint density at radius 3 is 2.38 bits per heavy atom. The molecular weight excluding hydrogens is 330 g/mol. The highest BCUT2D eigenvalue weighted by Gasteiger charge is 2.14. The number of amides is 2. The third-order valence-corrected chi connectivity index (χ3v) is 4.37. The number of hydrogen-bond donors (Lipinski definition) is 2. The molecule has 1 aromatic heterocycles. The summed E-state index contributed by atoms with van der Waals surface area (Å²) < 4.78 is 0.750. The first kappa shape index (κ1) is 15.6. The van der Waals surface area contributed by atoms with Gasteiger partial charge >= 0.3 is 0 Å². The lowest BCUT2D eigenvalue weighted by atomic mass is 10.2. The minimum atomic E-state index is -0.489. The molecule has 3 rings (SSSR count). The molecule has 2 N–H and O–H groups in total. The number of nitro benzene ring substituents is 1. The number of nitro groups is 1. The third-order valence-electron chi connectivity index (χ3n) is 3.26. The van der Waals surface area contributed by atoms with E-state index in [1.54, 1.807) is 42.5 Å². The number of carbonyl (C=O) groups is 2. The van der Waals surface area contributed by atoms with E-state index in [1.165, 1.54) is 23.5 Å². The highest BCUT2D eigenvalue weighted by Crippen LogP contribution is 2.28. The van der Waals surface area contributed by atoms with Gasteiger partial charge < -0.3 is 0 Å². The molecule has 120 valence electrons. The monoisotopic (exact) mass is 341 g/mol. The van der Waals surface area contributed by atoms with Crippen LogP contribution in [0.15, 0.2) is 54.6 Å². The van der Waals surface area contributed by atoms with E-state index in [-0.39, 0.29) is 5.69 Å². The highest BCUT2D eigenvalue weighted by molar-refractivity contribution is 7.20. The second kappa shape index (κ2) is 6.47. The van der Waals surface area contributed by atoms with Crippen LogP contribution in [0.2, 0.25) is 0 Å². The molecule has 2 aromatic carbocycles. The maximum Gasteiger partial charge on any atom is 0.279 e. The highest BCUT2D eigenvalue weighted by atomic mass is 32.1. The molecule has 24 heavy (non-hydrogen) atoms. The van der Waals surface area contributed by atoms with Gasteiger partial charge in [0.1, 0.15) is 0 Å². The Bertz CT molecular complexity index is 937. The first-order chi connectivity index (χ1) is 11.5. The van der Waals surface area contributed by atoms with E-state index in [1.807, 2.05) is 0 Å². The minimum Gasteiger partial charge on any atom is -0.267 e. The Morgan fingerprint density at radius 1 is 0.958 bits per heavy atom. The molecule has 0 aliphatic rings. The van der Waals surface area contributed by atoms with E-state index in [4.69, 9.17) is 0 Å². The average Bonchev–Trinajstić information content (AvgIpc) is 3.03. The van der Waals surface area contributed by atoms with Crippen molar-refractivity contribution in [3.8, 4) is 0 Å². The second-order valence-electron chi connectivity index (χ2n) is 4.86. The van der Waals surface area contributed by atoms with Crippen LogP contribution in [0.25, 0.3) is 10.1 Å². The second-order valence-corrected chi connectivity index (χ2v) is 5.95. The number of fused-ring (bicyclic) bond motifs is 1. The summed E-state index contributed by atoms with van der Waals surface area (Å²) in [5.41, 5.74) is 5.05. The van der Waals surface area contributed by atoms with Crippen molar-refractivity contribution in [2.45, 2.75) is 0 Å². The van der Waals surface area contributed by atoms with Gasteiger partial charge in [-0.2, -0.15) is 0 Å². The number of hydrazine groups is 1. The van der Waals surface area contributed by atoms with E-state index in [0.717, 1.165) is 4.70 Å². The molecular formula is C16H11N3O4S. The van der Waals surface area contributed by atoms with Crippen LogP contribution < -0.4 is 10.9 Å². The van der Waals surface area contributed by atoms with Crippen LogP contribution in [-0.4, -0.2) is 16.7 Å². The van der Waals surface area contributed by atoms with Crippen LogP contribution in [0.5, 0.6) is 0 Å². The summed E-state index contributed by atoms with van der Waals surface area (Å²) in [6, 6.07) is 14.4. The number of thiophene rings is 1. The molecule has 0 fully saturated rings. The summed E-state index contributed by atoms with van der Waals surface area (Å²) >= 11 is 1.19. The summed E-state index contributed by atoms with van der Waals surface area (Å²) in [6.07, 6.45) is 0. The predicted octanol–water partition coefficient (Wildman–Crippen LogP) is 2.88. The number of nitrogens with one attached hydrogen (secondary N) is 2. The summed E-state index contributed by atoms with van der Waals surface area (Å²) in [7, 11) is 0. The van der Waals surface area contributed by atoms with Gasteiger partial charge in [-0.05, 0) is 24.3 Å². The topological polar surface area (TPSA) is 101 Å². The average molecular weight is 341 g/mol. The Balaban J connectivity index is 1.72. The number of nitrogens with zero attached hydrogens (tertiary/aromatic N) is 1. The van der Waals surface area contributed by atoms with Crippen LogP contribution in [0.4, 0.5) is 5.69 Å². The lowest BCUT2D eigenvalue weighted by Crippen LogP contribution is -2.41. The Labute approximate surface area is 140 Å². The Kier molecular flexibility index (Phi) is 4.21.